The van der Waals surface area contributed by atoms with Crippen LogP contribution in [-0.2, 0) is 6.42 Å². The van der Waals surface area contributed by atoms with Gasteiger partial charge in [-0.25, -0.2) is 29.5 Å². The Bertz CT molecular complexity index is 6060. The van der Waals surface area contributed by atoms with Gasteiger partial charge in [-0.2, -0.15) is 15.3 Å². The first-order valence-corrected chi connectivity index (χ1v) is 35.2. The fraction of sp³-hybridized carbons (Fsp3) is 0.151. The van der Waals surface area contributed by atoms with Gasteiger partial charge in [0.05, 0.1) is 79.2 Å². The summed E-state index contributed by atoms with van der Waals surface area (Å²) in [6, 6.07) is 58.7. The van der Waals surface area contributed by atoms with Crippen LogP contribution in [0, 0.1) is 47.4 Å². The molecule has 24 heteroatoms. The molecule has 9 heterocycles. The molecule has 110 heavy (non-hydrogen) atoms. The highest BCUT2D eigenvalue weighted by Gasteiger charge is 2.25. The average molecular weight is 1450 g/mol. The summed E-state index contributed by atoms with van der Waals surface area (Å²) in [6.07, 6.45) is 10.4. The molecule has 0 unspecified atom stereocenters. The van der Waals surface area contributed by atoms with E-state index in [2.05, 4.69) is 92.7 Å². The van der Waals surface area contributed by atoms with Gasteiger partial charge < -0.3 is 20.7 Å². The minimum absolute atomic E-state index is 0.109. The van der Waals surface area contributed by atoms with E-state index in [9.17, 15) is 14.4 Å². The topological polar surface area (TPSA) is 266 Å². The van der Waals surface area contributed by atoms with Crippen LogP contribution in [0.1, 0.15) is 91.8 Å². The summed E-state index contributed by atoms with van der Waals surface area (Å²) in [5.41, 5.74) is 11.7. The molecule has 24 nitrogen and oxygen atoms in total. The molecule has 0 spiro atoms. The van der Waals surface area contributed by atoms with Gasteiger partial charge in [-0.1, -0.05) is 116 Å². The van der Waals surface area contributed by atoms with Gasteiger partial charge >= 0.3 is 0 Å². The standard InChI is InChI=1S/C30H26N6O.C28H23N7O2.C28H23N7O/c1-5-23-16-21(14-15-32-23)25-13-9-10-22-17-27(19(2)34-29-26(31-4)18-33-20(3)35-29)36(30(37)28(22)25)24-11-7-6-8-12-24;1-17(32-27-23(29-3)16-30-18(2)33-27)24-13-19-9-8-12-22(20-14-25(37-4)34-31-15-20)26(19)28(36)35(24)21-10-6-5-7-11-21;1-17-13-21(15-31-34-17)23-12-8-9-20-14-25(18(2)32-27-24(29-4)16-30-19(3)33-27)35(28(36)26(20)23)22-10-6-5-7-11-22/h6-19H,5H2,1-3H3,(H,33,34,35);5-17H,1-2,4H3,(H,30,32,33);5-16,18H,1-3H3,(H,30,32,33)/t19-;17-;18-/m000/s1. The van der Waals surface area contributed by atoms with E-state index in [1.54, 1.807) is 59.1 Å². The van der Waals surface area contributed by atoms with Crippen LogP contribution in [0.4, 0.5) is 34.5 Å². The van der Waals surface area contributed by atoms with Crippen molar-refractivity contribution in [2.24, 2.45) is 0 Å². The predicted octanol–water partition coefficient (Wildman–Crippen LogP) is 17.3. The van der Waals surface area contributed by atoms with Gasteiger partial charge in [-0.3, -0.25) is 48.0 Å². The number of aryl methyl sites for hydroxylation is 5. The highest BCUT2D eigenvalue weighted by Crippen LogP contribution is 2.37. The van der Waals surface area contributed by atoms with E-state index in [1.165, 1.54) is 25.7 Å². The van der Waals surface area contributed by atoms with Crippen molar-refractivity contribution < 1.29 is 4.74 Å². The van der Waals surface area contributed by atoms with Gasteiger partial charge in [0.2, 0.25) is 22.9 Å². The fourth-order valence-corrected chi connectivity index (χ4v) is 13.2. The molecule has 0 saturated carbocycles. The van der Waals surface area contributed by atoms with Crippen LogP contribution in [0.5, 0.6) is 5.88 Å². The summed E-state index contributed by atoms with van der Waals surface area (Å²) < 4.78 is 10.4. The summed E-state index contributed by atoms with van der Waals surface area (Å²) in [6.45, 7) is 37.6. The minimum Gasteiger partial charge on any atom is -0.480 e. The number of aromatic nitrogens is 14. The van der Waals surface area contributed by atoms with E-state index < -0.39 is 0 Å². The summed E-state index contributed by atoms with van der Waals surface area (Å²) in [5.74, 6) is 3.33. The zero-order chi connectivity index (χ0) is 77.1. The summed E-state index contributed by atoms with van der Waals surface area (Å²) in [7, 11) is 1.53. The van der Waals surface area contributed by atoms with Crippen molar-refractivity contribution in [1.29, 1.82) is 0 Å². The minimum atomic E-state index is -0.363. The molecular weight excluding hydrogens is 1380 g/mol. The lowest BCUT2D eigenvalue weighted by molar-refractivity contribution is 0.392. The van der Waals surface area contributed by atoms with Crippen molar-refractivity contribution >= 4 is 66.8 Å². The Morgan fingerprint density at radius 1 is 0.418 bits per heavy atom. The molecule has 0 aliphatic carbocycles. The largest absolute Gasteiger partial charge is 0.480 e. The first-order chi connectivity index (χ1) is 53.4. The van der Waals surface area contributed by atoms with Gasteiger partial charge in [0.15, 0.2) is 0 Å². The van der Waals surface area contributed by atoms with Crippen LogP contribution in [0.15, 0.2) is 240 Å². The van der Waals surface area contributed by atoms with E-state index in [1.807, 2.05) is 210 Å². The quantitative estimate of drug-likeness (QED) is 0.0715. The molecule has 15 rings (SSSR count). The van der Waals surface area contributed by atoms with Crippen molar-refractivity contribution in [2.45, 2.75) is 79.9 Å². The van der Waals surface area contributed by atoms with Crippen LogP contribution in [0.2, 0.25) is 0 Å². The Morgan fingerprint density at radius 3 is 1.14 bits per heavy atom. The highest BCUT2D eigenvalue weighted by atomic mass is 16.5. The third-order valence-corrected chi connectivity index (χ3v) is 18.4. The first-order valence-electron chi connectivity index (χ1n) is 35.2. The maximum Gasteiger partial charge on any atom is 0.263 e. The second-order valence-corrected chi connectivity index (χ2v) is 25.8. The number of pyridine rings is 4. The normalized spacial score (nSPS) is 11.7. The molecule has 0 saturated heterocycles. The van der Waals surface area contributed by atoms with Gasteiger partial charge in [-0.05, 0) is 166 Å². The van der Waals surface area contributed by atoms with E-state index in [0.29, 0.717) is 74.0 Å². The van der Waals surface area contributed by atoms with Crippen LogP contribution in [-0.4, -0.2) is 76.1 Å². The Kier molecular flexibility index (Phi) is 21.8. The maximum atomic E-state index is 14.3. The zero-order valence-electron chi connectivity index (χ0n) is 61.5. The van der Waals surface area contributed by atoms with Crippen molar-refractivity contribution in [1.82, 2.24) is 69.0 Å². The second kappa shape index (κ2) is 32.7. The second-order valence-electron chi connectivity index (χ2n) is 25.8. The van der Waals surface area contributed by atoms with Crippen LogP contribution in [0.25, 0.3) is 97.3 Å². The lowest BCUT2D eigenvalue weighted by Crippen LogP contribution is -2.26. The first kappa shape index (κ1) is 73.5. The number of nitrogens with one attached hydrogen (secondary N) is 3. The molecular formula is C86H72N20O4. The third-order valence-electron chi connectivity index (χ3n) is 18.4. The monoisotopic (exact) mass is 1450 g/mol. The number of rotatable bonds is 17. The van der Waals surface area contributed by atoms with Gasteiger partial charge in [0, 0.05) is 81.8 Å². The number of hydrogen-bond acceptors (Lipinski definition) is 18. The Morgan fingerprint density at radius 2 is 0.782 bits per heavy atom. The summed E-state index contributed by atoms with van der Waals surface area (Å²) in [5, 5.41) is 30.4. The zero-order valence-corrected chi connectivity index (χ0v) is 61.5. The number of benzene rings is 6. The Hall–Kier alpha value is -14.8. The number of ether oxygens (including phenoxy) is 1. The molecule has 3 atom stereocenters. The lowest BCUT2D eigenvalue weighted by atomic mass is 9.97. The number of fused-ring (bicyclic) bond motifs is 3. The van der Waals surface area contributed by atoms with Crippen LogP contribution < -0.4 is 37.4 Å². The summed E-state index contributed by atoms with van der Waals surface area (Å²) in [4.78, 5) is 83.4. The number of hydrogen-bond donors (Lipinski definition) is 3. The van der Waals surface area contributed by atoms with E-state index in [-0.39, 0.29) is 34.8 Å². The number of nitrogens with zero attached hydrogens (tertiary/aromatic N) is 17. The number of para-hydroxylation sites is 3. The van der Waals surface area contributed by atoms with Crippen molar-refractivity contribution in [3.8, 4) is 56.3 Å². The molecule has 6 aromatic carbocycles. The molecule has 0 fully saturated rings. The molecule has 0 bridgehead atoms. The average Bonchev–Trinajstić information content (AvgIpc) is 0.761. The molecule has 0 radical (unpaired) electrons. The smallest absolute Gasteiger partial charge is 0.263 e. The van der Waals surface area contributed by atoms with Crippen molar-refractivity contribution in [3.05, 3.63) is 336 Å². The SMILES string of the molecule is [C-]#[N+]c1cnc(C)nc1N[C@@H](C)c1cc2cccc(-c3ccnc(CC)c3)c2c(=O)n1-c1ccccc1.[C-]#[N+]c1cnc(C)nc1N[C@@H](C)c1cc2cccc(-c3cnnc(C)c3)c2c(=O)n1-c1ccccc1.[C-]#[N+]c1cnc(C)nc1N[C@@H](C)c1cc2cccc(-c3cnnc(OC)c3)c2c(=O)n1-c1ccccc1. The van der Waals surface area contributed by atoms with Crippen molar-refractivity contribution in [2.75, 3.05) is 23.1 Å². The van der Waals surface area contributed by atoms with E-state index in [0.717, 1.165) is 101 Å². The third kappa shape index (κ3) is 15.5. The van der Waals surface area contributed by atoms with E-state index >= 15 is 0 Å². The van der Waals surface area contributed by atoms with Gasteiger partial charge in [0.1, 0.15) is 34.9 Å². The molecule has 3 N–H and O–H groups in total. The molecule has 0 aliphatic rings. The van der Waals surface area contributed by atoms with Gasteiger partial charge in [0.25, 0.3) is 16.7 Å². The Balaban J connectivity index is 0.000000145. The number of anilines is 3. The summed E-state index contributed by atoms with van der Waals surface area (Å²) >= 11 is 0. The van der Waals surface area contributed by atoms with E-state index in [4.69, 9.17) is 24.5 Å². The molecule has 15 aromatic rings. The molecule has 0 amide bonds. The Labute approximate surface area is 633 Å². The van der Waals surface area contributed by atoms with Crippen LogP contribution >= 0.6 is 0 Å². The predicted molar refractivity (Wildman–Crippen MR) is 430 cm³/mol. The molecule has 9 aromatic heterocycles. The fourth-order valence-electron chi connectivity index (χ4n) is 13.2. The lowest BCUT2D eigenvalue weighted by Gasteiger charge is -2.22. The van der Waals surface area contributed by atoms with Gasteiger partial charge in [-0.15, -0.1) is 5.10 Å². The number of methoxy groups -OCH3 is 1. The van der Waals surface area contributed by atoms with Crippen LogP contribution in [0.3, 0.4) is 0 Å². The molecule has 0 aliphatic heterocycles. The maximum absolute atomic E-state index is 14.3. The van der Waals surface area contributed by atoms with Crippen molar-refractivity contribution in [3.63, 3.8) is 0 Å². The molecule has 540 valence electrons. The highest BCUT2D eigenvalue weighted by molar-refractivity contribution is 5.99.